The van der Waals surface area contributed by atoms with Gasteiger partial charge in [-0.2, -0.15) is 0 Å². The second-order valence-corrected chi connectivity index (χ2v) is 5.57. The van der Waals surface area contributed by atoms with E-state index in [0.717, 1.165) is 25.7 Å². The van der Waals surface area contributed by atoms with Crippen LogP contribution in [0.2, 0.25) is 0 Å². The molecule has 0 bridgehead atoms. The molecule has 4 atom stereocenters. The molecule has 0 radical (unpaired) electrons. The van der Waals surface area contributed by atoms with Gasteiger partial charge in [-0.3, -0.25) is 10.2 Å². The number of amides is 1. The lowest BCUT2D eigenvalue weighted by Gasteiger charge is -2.39. The molecule has 104 valence electrons. The molecule has 0 aromatic heterocycles. The molecule has 2 rings (SSSR count). The van der Waals surface area contributed by atoms with Crippen LogP contribution in [0, 0.1) is 0 Å². The molecule has 18 heavy (non-hydrogen) atoms. The largest absolute Gasteiger partial charge is 0.364 e. The third-order valence-corrected chi connectivity index (χ3v) is 4.10. The Hall–Kier alpha value is -0.650. The Kier molecular flexibility index (Phi) is 4.59. The number of hydrogen-bond acceptors (Lipinski definition) is 4. The van der Waals surface area contributed by atoms with Crippen molar-refractivity contribution in [3.63, 3.8) is 0 Å². The Morgan fingerprint density at radius 1 is 1.28 bits per heavy atom. The number of piperidine rings is 1. The number of nitrogens with zero attached hydrogens (tertiary/aromatic N) is 1. The summed E-state index contributed by atoms with van der Waals surface area (Å²) in [4.78, 5) is 12.1. The van der Waals surface area contributed by atoms with E-state index in [1.165, 1.54) is 6.42 Å². The zero-order valence-electron chi connectivity index (χ0n) is 11.4. The molecule has 4 unspecified atom stereocenters. The summed E-state index contributed by atoms with van der Waals surface area (Å²) in [6.45, 7) is 4.82. The van der Waals surface area contributed by atoms with Crippen LogP contribution in [0.25, 0.3) is 0 Å². The maximum atomic E-state index is 12.1. The van der Waals surface area contributed by atoms with Crippen LogP contribution in [0.5, 0.6) is 0 Å². The van der Waals surface area contributed by atoms with E-state index in [2.05, 4.69) is 24.3 Å². The van der Waals surface area contributed by atoms with Crippen LogP contribution >= 0.6 is 0 Å². The molecule has 2 aliphatic rings. The van der Waals surface area contributed by atoms with E-state index in [4.69, 9.17) is 10.5 Å². The molecule has 2 saturated heterocycles. The van der Waals surface area contributed by atoms with E-state index >= 15 is 0 Å². The maximum Gasteiger partial charge on any atom is 0.263 e. The van der Waals surface area contributed by atoms with Gasteiger partial charge in [0.15, 0.2) is 0 Å². The number of nitrogens with two attached hydrogens (primary N) is 1. The first-order chi connectivity index (χ1) is 8.61. The van der Waals surface area contributed by atoms with E-state index in [1.807, 2.05) is 0 Å². The fraction of sp³-hybridized carbons (Fsp3) is 0.923. The van der Waals surface area contributed by atoms with Gasteiger partial charge in [-0.15, -0.1) is 0 Å². The number of hydrogen-bond donors (Lipinski definition) is 2. The minimum atomic E-state index is -0.320. The van der Waals surface area contributed by atoms with Crippen molar-refractivity contribution in [3.05, 3.63) is 0 Å². The summed E-state index contributed by atoms with van der Waals surface area (Å²) >= 11 is 0. The van der Waals surface area contributed by atoms with E-state index in [9.17, 15) is 4.79 Å². The third-order valence-electron chi connectivity index (χ3n) is 4.10. The fourth-order valence-electron chi connectivity index (χ4n) is 2.91. The molecule has 3 N–H and O–H groups in total. The van der Waals surface area contributed by atoms with Crippen LogP contribution in [0.4, 0.5) is 0 Å². The molecular weight excluding hydrogens is 230 g/mol. The van der Waals surface area contributed by atoms with Crippen molar-refractivity contribution >= 4 is 5.91 Å². The maximum absolute atomic E-state index is 12.1. The monoisotopic (exact) mass is 255 g/mol. The van der Waals surface area contributed by atoms with Gasteiger partial charge in [0.25, 0.3) is 5.91 Å². The average Bonchev–Trinajstić information content (AvgIpc) is 2.82. The Morgan fingerprint density at radius 2 is 1.94 bits per heavy atom. The number of nitrogens with one attached hydrogen (secondary N) is 1. The SMILES string of the molecule is CC1CCCC(C)N1NC(=O)C1CCC(CN)O1. The number of rotatable bonds is 3. The molecule has 5 heteroatoms. The molecule has 1 amide bonds. The zero-order valence-corrected chi connectivity index (χ0v) is 11.4. The molecule has 2 aliphatic heterocycles. The summed E-state index contributed by atoms with van der Waals surface area (Å²) in [6, 6.07) is 0.814. The normalized spacial score (nSPS) is 37.7. The Balaban J connectivity index is 1.86. The average molecular weight is 255 g/mol. The van der Waals surface area contributed by atoms with Gasteiger partial charge >= 0.3 is 0 Å². The van der Waals surface area contributed by atoms with Gasteiger partial charge in [0.1, 0.15) is 6.10 Å². The topological polar surface area (TPSA) is 67.6 Å². The lowest BCUT2D eigenvalue weighted by molar-refractivity contribution is -0.140. The predicted octanol–water partition coefficient (Wildman–Crippen LogP) is 0.787. The van der Waals surface area contributed by atoms with Gasteiger partial charge in [-0.1, -0.05) is 6.42 Å². The minimum Gasteiger partial charge on any atom is -0.364 e. The first-order valence-corrected chi connectivity index (χ1v) is 7.06. The number of carbonyl (C=O) groups excluding carboxylic acids is 1. The standard InChI is InChI=1S/C13H25N3O2/c1-9-4-3-5-10(2)16(9)15-13(17)12-7-6-11(8-14)18-12/h9-12H,3-8,14H2,1-2H3,(H,15,17). The second kappa shape index (κ2) is 5.99. The van der Waals surface area contributed by atoms with Crippen LogP contribution < -0.4 is 11.2 Å². The predicted molar refractivity (Wildman–Crippen MR) is 69.7 cm³/mol. The van der Waals surface area contributed by atoms with Gasteiger partial charge in [-0.25, -0.2) is 5.01 Å². The summed E-state index contributed by atoms with van der Waals surface area (Å²) < 4.78 is 5.62. The highest BCUT2D eigenvalue weighted by atomic mass is 16.5. The van der Waals surface area contributed by atoms with Crippen molar-refractivity contribution in [2.75, 3.05) is 6.54 Å². The second-order valence-electron chi connectivity index (χ2n) is 5.57. The summed E-state index contributed by atoms with van der Waals surface area (Å²) in [7, 11) is 0. The van der Waals surface area contributed by atoms with Crippen LogP contribution in [-0.4, -0.2) is 41.8 Å². The van der Waals surface area contributed by atoms with Crippen molar-refractivity contribution in [2.24, 2.45) is 5.73 Å². The smallest absolute Gasteiger partial charge is 0.263 e. The fourth-order valence-corrected chi connectivity index (χ4v) is 2.91. The molecule has 0 aromatic rings. The molecular formula is C13H25N3O2. The van der Waals surface area contributed by atoms with Crippen molar-refractivity contribution in [3.8, 4) is 0 Å². The van der Waals surface area contributed by atoms with Crippen molar-refractivity contribution in [1.82, 2.24) is 10.4 Å². The Morgan fingerprint density at radius 3 is 2.50 bits per heavy atom. The van der Waals surface area contributed by atoms with Gasteiger partial charge < -0.3 is 10.5 Å². The van der Waals surface area contributed by atoms with E-state index < -0.39 is 0 Å². The molecule has 0 aromatic carbocycles. The van der Waals surface area contributed by atoms with Gasteiger partial charge in [0.2, 0.25) is 0 Å². The molecule has 2 heterocycles. The lowest BCUT2D eigenvalue weighted by Crippen LogP contribution is -2.56. The Bertz CT molecular complexity index is 288. The van der Waals surface area contributed by atoms with Crippen LogP contribution in [-0.2, 0) is 9.53 Å². The van der Waals surface area contributed by atoms with Crippen LogP contribution in [0.15, 0.2) is 0 Å². The third kappa shape index (κ3) is 3.02. The Labute approximate surface area is 109 Å². The highest BCUT2D eigenvalue weighted by Gasteiger charge is 2.33. The molecule has 0 saturated carbocycles. The number of hydrazine groups is 1. The molecule has 2 fully saturated rings. The van der Waals surface area contributed by atoms with Crippen molar-refractivity contribution in [1.29, 1.82) is 0 Å². The summed E-state index contributed by atoms with van der Waals surface area (Å²) in [5.41, 5.74) is 8.59. The zero-order chi connectivity index (χ0) is 13.1. The van der Waals surface area contributed by atoms with Crippen molar-refractivity contribution < 1.29 is 9.53 Å². The summed E-state index contributed by atoms with van der Waals surface area (Å²) in [6.07, 6.45) is 4.92. The summed E-state index contributed by atoms with van der Waals surface area (Å²) in [5.74, 6) is -0.00782. The van der Waals surface area contributed by atoms with E-state index in [0.29, 0.717) is 18.6 Å². The van der Waals surface area contributed by atoms with Crippen LogP contribution in [0.1, 0.15) is 46.0 Å². The van der Waals surface area contributed by atoms with E-state index in [-0.39, 0.29) is 18.1 Å². The minimum absolute atomic E-state index is 0.00782. The van der Waals surface area contributed by atoms with Gasteiger partial charge in [0, 0.05) is 18.6 Å². The molecule has 0 aliphatic carbocycles. The quantitative estimate of drug-likeness (QED) is 0.782. The number of ether oxygens (including phenoxy) is 1. The number of carbonyl (C=O) groups is 1. The highest BCUT2D eigenvalue weighted by molar-refractivity contribution is 5.80. The van der Waals surface area contributed by atoms with Gasteiger partial charge in [-0.05, 0) is 39.5 Å². The lowest BCUT2D eigenvalue weighted by atomic mass is 10.00. The van der Waals surface area contributed by atoms with E-state index in [1.54, 1.807) is 0 Å². The first kappa shape index (κ1) is 13.8. The highest BCUT2D eigenvalue weighted by Crippen LogP contribution is 2.22. The van der Waals surface area contributed by atoms with Gasteiger partial charge in [0.05, 0.1) is 6.10 Å². The molecule has 5 nitrogen and oxygen atoms in total. The summed E-state index contributed by atoms with van der Waals surface area (Å²) in [5, 5.41) is 2.09. The molecule has 0 spiro atoms. The van der Waals surface area contributed by atoms with Crippen molar-refractivity contribution in [2.45, 2.75) is 70.2 Å². The van der Waals surface area contributed by atoms with Crippen LogP contribution in [0.3, 0.4) is 0 Å². The first-order valence-electron chi connectivity index (χ1n) is 7.06.